The number of anilines is 1. The number of methoxy groups -OCH3 is 1. The molecular formula is C29H39NO. The van der Waals surface area contributed by atoms with Crippen LogP contribution < -0.4 is 4.90 Å². The van der Waals surface area contributed by atoms with Crippen molar-refractivity contribution in [2.24, 2.45) is 5.41 Å². The summed E-state index contributed by atoms with van der Waals surface area (Å²) >= 11 is 0. The van der Waals surface area contributed by atoms with E-state index in [1.165, 1.54) is 28.0 Å². The highest BCUT2D eigenvalue weighted by Crippen LogP contribution is 2.46. The molecule has 2 heteroatoms. The van der Waals surface area contributed by atoms with E-state index in [-0.39, 0.29) is 5.41 Å². The smallest absolute Gasteiger partial charge is 0.0637 e. The van der Waals surface area contributed by atoms with E-state index in [0.717, 1.165) is 32.5 Å². The average Bonchev–Trinajstić information content (AvgIpc) is 3.32. The van der Waals surface area contributed by atoms with Crippen LogP contribution in [0.25, 0.3) is 5.57 Å². The van der Waals surface area contributed by atoms with Crippen molar-refractivity contribution in [3.05, 3.63) is 96.2 Å². The van der Waals surface area contributed by atoms with Crippen LogP contribution in [-0.2, 0) is 4.74 Å². The molecule has 1 aliphatic rings. The van der Waals surface area contributed by atoms with Gasteiger partial charge in [-0.25, -0.2) is 0 Å². The summed E-state index contributed by atoms with van der Waals surface area (Å²) in [6, 6.07) is 9.06. The summed E-state index contributed by atoms with van der Waals surface area (Å²) < 4.78 is 5.28. The first-order chi connectivity index (χ1) is 15.0. The molecule has 0 amide bonds. The Bertz CT molecular complexity index is 853. The van der Waals surface area contributed by atoms with Crippen LogP contribution in [0.1, 0.15) is 46.1 Å². The van der Waals surface area contributed by atoms with Gasteiger partial charge < -0.3 is 9.64 Å². The molecule has 0 radical (unpaired) electrons. The monoisotopic (exact) mass is 417 g/mol. The fraction of sp³-hybridized carbons (Fsp3) is 0.379. The van der Waals surface area contributed by atoms with Gasteiger partial charge in [0.1, 0.15) is 0 Å². The van der Waals surface area contributed by atoms with Gasteiger partial charge in [-0.3, -0.25) is 0 Å². The first-order valence-electron chi connectivity index (χ1n) is 11.4. The average molecular weight is 418 g/mol. The Hall–Kier alpha value is -2.58. The SMILES string of the molecule is C=C/C(=C\C=C/C)CC(C)(CC)C(=C1C=CC=C1)c1ccc(N(CC)CCOC)cc1. The third-order valence-electron chi connectivity index (χ3n) is 6.16. The predicted octanol–water partition coefficient (Wildman–Crippen LogP) is 7.53. The normalized spacial score (nSPS) is 15.5. The summed E-state index contributed by atoms with van der Waals surface area (Å²) in [7, 11) is 1.76. The van der Waals surface area contributed by atoms with Crippen molar-refractivity contribution >= 4 is 11.3 Å². The number of ether oxygens (including phenoxy) is 1. The second-order valence-corrected chi connectivity index (χ2v) is 8.23. The van der Waals surface area contributed by atoms with Crippen molar-refractivity contribution < 1.29 is 4.74 Å². The zero-order valence-corrected chi connectivity index (χ0v) is 20.0. The highest BCUT2D eigenvalue weighted by Gasteiger charge is 2.31. The molecule has 2 nitrogen and oxygen atoms in total. The fourth-order valence-electron chi connectivity index (χ4n) is 4.17. The Morgan fingerprint density at radius 2 is 1.81 bits per heavy atom. The summed E-state index contributed by atoms with van der Waals surface area (Å²) in [5.74, 6) is 0. The van der Waals surface area contributed by atoms with Crippen LogP contribution in [0, 0.1) is 5.41 Å². The molecule has 1 aliphatic carbocycles. The highest BCUT2D eigenvalue weighted by atomic mass is 16.5. The molecule has 2 rings (SSSR count). The number of nitrogens with zero attached hydrogens (tertiary/aromatic N) is 1. The quantitative estimate of drug-likeness (QED) is 0.326. The van der Waals surface area contributed by atoms with E-state index >= 15 is 0 Å². The van der Waals surface area contributed by atoms with Crippen LogP contribution in [0.5, 0.6) is 0 Å². The van der Waals surface area contributed by atoms with Crippen LogP contribution >= 0.6 is 0 Å². The minimum absolute atomic E-state index is 0.00202. The number of likely N-dealkylation sites (N-methyl/N-ethyl adjacent to an activating group) is 1. The van der Waals surface area contributed by atoms with Crippen LogP contribution in [0.15, 0.2) is 90.6 Å². The number of hydrogen-bond acceptors (Lipinski definition) is 2. The number of benzene rings is 1. The first-order valence-corrected chi connectivity index (χ1v) is 11.4. The van der Waals surface area contributed by atoms with E-state index in [1.54, 1.807) is 7.11 Å². The van der Waals surface area contributed by atoms with E-state index in [9.17, 15) is 0 Å². The molecule has 1 aromatic carbocycles. The van der Waals surface area contributed by atoms with E-state index in [4.69, 9.17) is 4.74 Å². The van der Waals surface area contributed by atoms with Crippen molar-refractivity contribution in [1.29, 1.82) is 0 Å². The summed E-state index contributed by atoms with van der Waals surface area (Å²) in [6.07, 6.45) is 19.1. The molecule has 0 fully saturated rings. The lowest BCUT2D eigenvalue weighted by atomic mass is 9.70. The molecular weight excluding hydrogens is 378 g/mol. The van der Waals surface area contributed by atoms with Gasteiger partial charge in [0.2, 0.25) is 0 Å². The van der Waals surface area contributed by atoms with Gasteiger partial charge in [-0.2, -0.15) is 0 Å². The van der Waals surface area contributed by atoms with Crippen LogP contribution in [0.2, 0.25) is 0 Å². The fourth-order valence-corrected chi connectivity index (χ4v) is 4.17. The lowest BCUT2D eigenvalue weighted by Crippen LogP contribution is -2.26. The summed E-state index contributed by atoms with van der Waals surface area (Å²) in [6.45, 7) is 15.6. The Labute approximate surface area is 190 Å². The maximum atomic E-state index is 5.28. The van der Waals surface area contributed by atoms with Crippen LogP contribution in [-0.4, -0.2) is 26.8 Å². The molecule has 1 aromatic rings. The van der Waals surface area contributed by atoms with Crippen molar-refractivity contribution in [3.8, 4) is 0 Å². The molecule has 0 saturated heterocycles. The van der Waals surface area contributed by atoms with Gasteiger partial charge in [0.05, 0.1) is 6.61 Å². The molecule has 31 heavy (non-hydrogen) atoms. The van der Waals surface area contributed by atoms with Crippen LogP contribution in [0.4, 0.5) is 5.69 Å². The first kappa shape index (κ1) is 24.7. The van der Waals surface area contributed by atoms with E-state index in [2.05, 4.69) is 99.0 Å². The van der Waals surface area contributed by atoms with Gasteiger partial charge in [-0.1, -0.05) is 81.2 Å². The van der Waals surface area contributed by atoms with Gasteiger partial charge in [0.25, 0.3) is 0 Å². The molecule has 166 valence electrons. The van der Waals surface area contributed by atoms with Crippen molar-refractivity contribution in [2.45, 2.75) is 40.5 Å². The Kier molecular flexibility index (Phi) is 9.81. The highest BCUT2D eigenvalue weighted by molar-refractivity contribution is 5.79. The van der Waals surface area contributed by atoms with Gasteiger partial charge in [0.15, 0.2) is 0 Å². The van der Waals surface area contributed by atoms with Gasteiger partial charge >= 0.3 is 0 Å². The third-order valence-corrected chi connectivity index (χ3v) is 6.16. The largest absolute Gasteiger partial charge is 0.383 e. The minimum atomic E-state index is -0.00202. The molecule has 0 heterocycles. The summed E-state index contributed by atoms with van der Waals surface area (Å²) in [4.78, 5) is 2.35. The number of rotatable bonds is 12. The Morgan fingerprint density at radius 1 is 1.13 bits per heavy atom. The van der Waals surface area contributed by atoms with Crippen LogP contribution in [0.3, 0.4) is 0 Å². The second-order valence-electron chi connectivity index (χ2n) is 8.23. The Balaban J connectivity index is 2.48. The standard InChI is InChI=1S/C29H39NO/c1-7-11-14-24(8-2)23-29(5,9-3)28(25-15-12-13-16-25)26-17-19-27(20-18-26)30(10-4)21-22-31-6/h7-8,11-20H,2,9-10,21-23H2,1,3-6H3/b11-7-,24-14+. The van der Waals surface area contributed by atoms with E-state index in [1.807, 2.05) is 13.0 Å². The topological polar surface area (TPSA) is 12.5 Å². The molecule has 0 aromatic heterocycles. The predicted molar refractivity (Wildman–Crippen MR) is 138 cm³/mol. The lowest BCUT2D eigenvalue weighted by Gasteiger charge is -2.34. The lowest BCUT2D eigenvalue weighted by molar-refractivity contribution is 0.205. The van der Waals surface area contributed by atoms with Gasteiger partial charge in [-0.15, -0.1) is 0 Å². The van der Waals surface area contributed by atoms with Gasteiger partial charge in [-0.05, 0) is 66.5 Å². The number of hydrogen-bond donors (Lipinski definition) is 0. The molecule has 0 bridgehead atoms. The summed E-state index contributed by atoms with van der Waals surface area (Å²) in [5, 5.41) is 0. The second kappa shape index (κ2) is 12.3. The summed E-state index contributed by atoms with van der Waals surface area (Å²) in [5.41, 5.74) is 6.50. The minimum Gasteiger partial charge on any atom is -0.383 e. The molecule has 1 atom stereocenters. The Morgan fingerprint density at radius 3 is 2.32 bits per heavy atom. The zero-order valence-electron chi connectivity index (χ0n) is 20.0. The maximum absolute atomic E-state index is 5.28. The van der Waals surface area contributed by atoms with Crippen molar-refractivity contribution in [3.63, 3.8) is 0 Å². The molecule has 0 aliphatic heterocycles. The maximum Gasteiger partial charge on any atom is 0.0637 e. The van der Waals surface area contributed by atoms with Gasteiger partial charge in [0, 0.05) is 25.9 Å². The molecule has 1 unspecified atom stereocenters. The zero-order chi connectivity index (χ0) is 22.7. The molecule has 0 spiro atoms. The van der Waals surface area contributed by atoms with E-state index < -0.39 is 0 Å². The van der Waals surface area contributed by atoms with E-state index in [0.29, 0.717) is 0 Å². The van der Waals surface area contributed by atoms with Crippen molar-refractivity contribution in [1.82, 2.24) is 0 Å². The molecule has 0 N–H and O–H groups in total. The number of allylic oxidation sites excluding steroid dienone is 11. The molecule has 0 saturated carbocycles. The third kappa shape index (κ3) is 6.45. The van der Waals surface area contributed by atoms with Crippen molar-refractivity contribution in [2.75, 3.05) is 31.7 Å².